The average molecular weight is 391 g/mol. The third-order valence-corrected chi connectivity index (χ3v) is 4.20. The summed E-state index contributed by atoms with van der Waals surface area (Å²) in [7, 11) is 1.58. The lowest BCUT2D eigenvalue weighted by Gasteiger charge is -2.08. The van der Waals surface area contributed by atoms with Crippen LogP contribution in [0.3, 0.4) is 0 Å². The molecule has 0 bridgehead atoms. The monoisotopic (exact) mass is 391 g/mol. The summed E-state index contributed by atoms with van der Waals surface area (Å²) in [4.78, 5) is 39.3. The highest BCUT2D eigenvalue weighted by Crippen LogP contribution is 2.25. The van der Waals surface area contributed by atoms with E-state index in [1.165, 1.54) is 11.3 Å². The van der Waals surface area contributed by atoms with Gasteiger partial charge in [0.25, 0.3) is 5.91 Å². The van der Waals surface area contributed by atoms with Gasteiger partial charge in [-0.15, -0.1) is 11.3 Å². The number of benzene rings is 1. The van der Waals surface area contributed by atoms with Crippen LogP contribution in [0.15, 0.2) is 29.6 Å². The predicted molar refractivity (Wildman–Crippen MR) is 101 cm³/mol. The van der Waals surface area contributed by atoms with Crippen molar-refractivity contribution in [2.24, 2.45) is 5.92 Å². The van der Waals surface area contributed by atoms with E-state index >= 15 is 0 Å². The number of nitrogens with zero attached hydrogens (tertiary/aromatic N) is 1. The number of nitrogens with one attached hydrogen (secondary N) is 2. The van der Waals surface area contributed by atoms with Crippen molar-refractivity contribution >= 4 is 29.2 Å². The smallest absolute Gasteiger partial charge is 0.358 e. The van der Waals surface area contributed by atoms with Crippen LogP contribution in [-0.2, 0) is 9.53 Å². The number of hydrogen-bond donors (Lipinski definition) is 2. The maximum atomic E-state index is 12.0. The van der Waals surface area contributed by atoms with Gasteiger partial charge >= 0.3 is 12.0 Å². The second-order valence-corrected chi connectivity index (χ2v) is 6.85. The van der Waals surface area contributed by atoms with Crippen molar-refractivity contribution in [2.45, 2.75) is 13.8 Å². The Morgan fingerprint density at radius 2 is 1.89 bits per heavy atom. The van der Waals surface area contributed by atoms with E-state index in [0.29, 0.717) is 11.6 Å². The molecule has 0 saturated heterocycles. The Kier molecular flexibility index (Phi) is 7.30. The molecular formula is C18H21N3O5S. The van der Waals surface area contributed by atoms with E-state index in [9.17, 15) is 14.4 Å². The number of carbonyl (C=O) groups is 3. The molecule has 2 N–H and O–H groups in total. The molecule has 1 heterocycles. The number of amides is 3. The van der Waals surface area contributed by atoms with Gasteiger partial charge in [0.1, 0.15) is 10.8 Å². The van der Waals surface area contributed by atoms with Gasteiger partial charge in [-0.25, -0.2) is 14.6 Å². The third kappa shape index (κ3) is 6.37. The molecule has 3 amide bonds. The van der Waals surface area contributed by atoms with Crippen LogP contribution < -0.4 is 15.4 Å². The summed E-state index contributed by atoms with van der Waals surface area (Å²) in [6.07, 6.45) is 0. The van der Waals surface area contributed by atoms with Crippen LogP contribution in [-0.4, -0.2) is 43.2 Å². The standard InChI is InChI=1S/C18H21N3O5S/c1-11(2)8-19-18(24)21-15(22)9-26-17(23)14-10-27-16(20-14)12-4-6-13(25-3)7-5-12/h4-7,10-11H,8-9H2,1-3H3,(H2,19,21,22,24). The Labute approximate surface area is 160 Å². The van der Waals surface area contributed by atoms with Crippen molar-refractivity contribution in [3.8, 4) is 16.3 Å². The largest absolute Gasteiger partial charge is 0.497 e. The first kappa shape index (κ1) is 20.4. The molecular weight excluding hydrogens is 370 g/mol. The van der Waals surface area contributed by atoms with E-state index < -0.39 is 24.5 Å². The summed E-state index contributed by atoms with van der Waals surface area (Å²) >= 11 is 1.28. The van der Waals surface area contributed by atoms with E-state index in [1.54, 1.807) is 24.6 Å². The molecule has 1 aromatic heterocycles. The molecule has 0 aliphatic heterocycles. The lowest BCUT2D eigenvalue weighted by Crippen LogP contribution is -2.42. The molecule has 0 aliphatic carbocycles. The molecule has 1 aromatic carbocycles. The average Bonchev–Trinajstić information content (AvgIpc) is 3.15. The van der Waals surface area contributed by atoms with Crippen molar-refractivity contribution in [1.82, 2.24) is 15.6 Å². The zero-order chi connectivity index (χ0) is 19.8. The lowest BCUT2D eigenvalue weighted by molar-refractivity contribution is -0.123. The normalized spacial score (nSPS) is 10.4. The van der Waals surface area contributed by atoms with E-state index in [0.717, 1.165) is 11.3 Å². The minimum atomic E-state index is -0.733. The quantitative estimate of drug-likeness (QED) is 0.702. The van der Waals surface area contributed by atoms with Gasteiger partial charge in [0.05, 0.1) is 7.11 Å². The fourth-order valence-corrected chi connectivity index (χ4v) is 2.74. The van der Waals surface area contributed by atoms with Crippen LogP contribution in [0.4, 0.5) is 4.79 Å². The fraction of sp³-hybridized carbons (Fsp3) is 0.333. The lowest BCUT2D eigenvalue weighted by atomic mass is 10.2. The van der Waals surface area contributed by atoms with Crippen molar-refractivity contribution in [1.29, 1.82) is 0 Å². The molecule has 27 heavy (non-hydrogen) atoms. The van der Waals surface area contributed by atoms with Crippen LogP contribution in [0.2, 0.25) is 0 Å². The summed E-state index contributed by atoms with van der Waals surface area (Å²) in [5, 5.41) is 6.81. The molecule has 144 valence electrons. The van der Waals surface area contributed by atoms with Crippen molar-refractivity contribution < 1.29 is 23.9 Å². The zero-order valence-electron chi connectivity index (χ0n) is 15.3. The number of methoxy groups -OCH3 is 1. The fourth-order valence-electron chi connectivity index (χ4n) is 1.94. The molecule has 0 saturated carbocycles. The van der Waals surface area contributed by atoms with Gasteiger partial charge in [0.15, 0.2) is 12.3 Å². The van der Waals surface area contributed by atoms with E-state index in [2.05, 4.69) is 15.6 Å². The topological polar surface area (TPSA) is 107 Å². The molecule has 0 atom stereocenters. The highest BCUT2D eigenvalue weighted by Gasteiger charge is 2.16. The highest BCUT2D eigenvalue weighted by atomic mass is 32.1. The molecule has 0 unspecified atom stereocenters. The molecule has 2 rings (SSSR count). The number of imide groups is 1. The number of rotatable bonds is 7. The molecule has 0 aliphatic rings. The van der Waals surface area contributed by atoms with Crippen molar-refractivity contribution in [3.05, 3.63) is 35.3 Å². The number of esters is 1. The number of aromatic nitrogens is 1. The number of thiazole rings is 1. The maximum absolute atomic E-state index is 12.0. The molecule has 9 heteroatoms. The molecule has 0 spiro atoms. The zero-order valence-corrected chi connectivity index (χ0v) is 16.1. The van der Waals surface area contributed by atoms with Gasteiger partial charge in [0.2, 0.25) is 0 Å². The summed E-state index contributed by atoms with van der Waals surface area (Å²) in [5.74, 6) is -0.467. The van der Waals surface area contributed by atoms with Crippen LogP contribution in [0.1, 0.15) is 24.3 Å². The summed E-state index contributed by atoms with van der Waals surface area (Å²) < 4.78 is 9.99. The van der Waals surface area contributed by atoms with E-state index in [4.69, 9.17) is 9.47 Å². The van der Waals surface area contributed by atoms with Gasteiger partial charge in [0, 0.05) is 17.5 Å². The van der Waals surface area contributed by atoms with E-state index in [-0.39, 0.29) is 11.6 Å². The van der Waals surface area contributed by atoms with Gasteiger partial charge < -0.3 is 14.8 Å². The number of urea groups is 1. The second kappa shape index (κ2) is 9.67. The highest BCUT2D eigenvalue weighted by molar-refractivity contribution is 7.13. The van der Waals surface area contributed by atoms with E-state index in [1.807, 2.05) is 26.0 Å². The predicted octanol–water partition coefficient (Wildman–Crippen LogP) is 2.46. The van der Waals surface area contributed by atoms with Gasteiger partial charge in [-0.1, -0.05) is 13.8 Å². The molecule has 0 radical (unpaired) electrons. The SMILES string of the molecule is COc1ccc(-c2nc(C(=O)OCC(=O)NC(=O)NCC(C)C)cs2)cc1. The Bertz CT molecular complexity index is 802. The van der Waals surface area contributed by atoms with Crippen molar-refractivity contribution in [3.63, 3.8) is 0 Å². The summed E-state index contributed by atoms with van der Waals surface area (Å²) in [6.45, 7) is 3.73. The minimum Gasteiger partial charge on any atom is -0.497 e. The summed E-state index contributed by atoms with van der Waals surface area (Å²) in [5.41, 5.74) is 0.933. The van der Waals surface area contributed by atoms with Crippen LogP contribution in [0.25, 0.3) is 10.6 Å². The number of hydrogen-bond acceptors (Lipinski definition) is 7. The maximum Gasteiger partial charge on any atom is 0.358 e. The Morgan fingerprint density at radius 1 is 1.19 bits per heavy atom. The van der Waals surface area contributed by atoms with Crippen LogP contribution >= 0.6 is 11.3 Å². The summed E-state index contributed by atoms with van der Waals surface area (Å²) in [6, 6.07) is 6.62. The van der Waals surface area contributed by atoms with Crippen LogP contribution in [0.5, 0.6) is 5.75 Å². The first-order valence-electron chi connectivity index (χ1n) is 8.23. The number of ether oxygens (including phenoxy) is 2. The minimum absolute atomic E-state index is 0.0999. The molecule has 2 aromatic rings. The Hall–Kier alpha value is -2.94. The Morgan fingerprint density at radius 3 is 2.52 bits per heavy atom. The first-order valence-corrected chi connectivity index (χ1v) is 9.11. The molecule has 0 fully saturated rings. The second-order valence-electron chi connectivity index (χ2n) is 5.99. The Balaban J connectivity index is 1.85. The third-order valence-electron chi connectivity index (χ3n) is 3.31. The van der Waals surface area contributed by atoms with Gasteiger partial charge in [-0.3, -0.25) is 10.1 Å². The van der Waals surface area contributed by atoms with Gasteiger partial charge in [-0.2, -0.15) is 0 Å². The van der Waals surface area contributed by atoms with Gasteiger partial charge in [-0.05, 0) is 30.2 Å². The number of carbonyl (C=O) groups excluding carboxylic acids is 3. The van der Waals surface area contributed by atoms with Crippen molar-refractivity contribution in [2.75, 3.05) is 20.3 Å². The molecule has 8 nitrogen and oxygen atoms in total. The van der Waals surface area contributed by atoms with Crippen LogP contribution in [0, 0.1) is 5.92 Å². The first-order chi connectivity index (χ1) is 12.9.